The Morgan fingerprint density at radius 1 is 1.22 bits per heavy atom. The van der Waals surface area contributed by atoms with Gasteiger partial charge in [0.15, 0.2) is 5.16 Å². The van der Waals surface area contributed by atoms with E-state index in [0.717, 1.165) is 22.2 Å². The monoisotopic (exact) mass is 329 g/mol. The maximum atomic E-state index is 13.4. The van der Waals surface area contributed by atoms with E-state index in [1.165, 1.54) is 30.0 Å². The van der Waals surface area contributed by atoms with Gasteiger partial charge in [-0.2, -0.15) is 0 Å². The molecule has 6 heteroatoms. The summed E-state index contributed by atoms with van der Waals surface area (Å²) in [5.41, 5.74) is 2.88. The molecule has 0 fully saturated rings. The average Bonchev–Trinajstić information content (AvgIpc) is 2.53. The van der Waals surface area contributed by atoms with E-state index in [9.17, 15) is 9.18 Å². The molecule has 0 aliphatic rings. The first-order valence-corrected chi connectivity index (χ1v) is 8.49. The lowest BCUT2D eigenvalue weighted by atomic mass is 10.0. The highest BCUT2D eigenvalue weighted by Crippen LogP contribution is 2.30. The van der Waals surface area contributed by atoms with Gasteiger partial charge in [-0.25, -0.2) is 14.4 Å². The van der Waals surface area contributed by atoms with Crippen molar-refractivity contribution in [2.24, 2.45) is 0 Å². The van der Waals surface area contributed by atoms with Crippen molar-refractivity contribution in [2.45, 2.75) is 25.5 Å². The quantitative estimate of drug-likeness (QED) is 0.544. The number of rotatable bonds is 3. The highest BCUT2D eigenvalue weighted by molar-refractivity contribution is 7.98. The number of fused-ring (bicyclic) bond motifs is 1. The van der Waals surface area contributed by atoms with Crippen LogP contribution in [0.2, 0.25) is 0 Å². The molecule has 3 aromatic rings. The predicted molar refractivity (Wildman–Crippen MR) is 91.4 cm³/mol. The van der Waals surface area contributed by atoms with E-state index >= 15 is 0 Å². The lowest BCUT2D eigenvalue weighted by molar-refractivity contribution is 0.627. The summed E-state index contributed by atoms with van der Waals surface area (Å²) >= 11 is 1.41. The fourth-order valence-corrected chi connectivity index (χ4v) is 3.00. The molecule has 0 saturated heterocycles. The van der Waals surface area contributed by atoms with Crippen LogP contribution in [-0.2, 0) is 6.54 Å². The molecule has 1 aromatic carbocycles. The summed E-state index contributed by atoms with van der Waals surface area (Å²) in [6, 6.07) is 7.89. The number of aromatic nitrogens is 3. The Morgan fingerprint density at radius 3 is 2.65 bits per heavy atom. The number of thioether (sulfide) groups is 1. The van der Waals surface area contributed by atoms with E-state index < -0.39 is 0 Å². The second kappa shape index (κ2) is 6.12. The highest BCUT2D eigenvalue weighted by atomic mass is 32.2. The summed E-state index contributed by atoms with van der Waals surface area (Å²) in [7, 11) is 0. The molecule has 0 aliphatic carbocycles. The van der Waals surface area contributed by atoms with Gasteiger partial charge in [-0.05, 0) is 49.9 Å². The number of hydrogen-bond donors (Lipinski definition) is 0. The van der Waals surface area contributed by atoms with Crippen LogP contribution in [0.1, 0.15) is 12.5 Å². The Balaban J connectivity index is 2.42. The highest BCUT2D eigenvalue weighted by Gasteiger charge is 2.14. The van der Waals surface area contributed by atoms with E-state index in [1.54, 1.807) is 16.7 Å². The molecule has 2 heterocycles. The Kier molecular flexibility index (Phi) is 4.17. The number of nitrogens with zero attached hydrogens (tertiary/aromatic N) is 3. The standard InChI is InChI=1S/C17H16FN3OS/c1-4-21-14(22)8-7-13-15(19-17(23-3)20-16(13)21)12-6-5-11(18)9-10(12)2/h5-9H,4H2,1-3H3. The molecule has 0 saturated carbocycles. The van der Waals surface area contributed by atoms with Crippen LogP contribution < -0.4 is 5.56 Å². The topological polar surface area (TPSA) is 47.8 Å². The summed E-state index contributed by atoms with van der Waals surface area (Å²) in [5.74, 6) is -0.278. The van der Waals surface area contributed by atoms with Gasteiger partial charge in [0, 0.05) is 23.6 Å². The van der Waals surface area contributed by atoms with Crippen molar-refractivity contribution in [1.29, 1.82) is 0 Å². The molecule has 0 amide bonds. The molecule has 0 atom stereocenters. The van der Waals surface area contributed by atoms with E-state index in [-0.39, 0.29) is 11.4 Å². The summed E-state index contributed by atoms with van der Waals surface area (Å²) in [4.78, 5) is 21.2. The normalized spacial score (nSPS) is 11.1. The van der Waals surface area contributed by atoms with Gasteiger partial charge >= 0.3 is 0 Å². The molecule has 2 aromatic heterocycles. The van der Waals surface area contributed by atoms with Crippen molar-refractivity contribution in [2.75, 3.05) is 6.26 Å². The molecule has 0 radical (unpaired) electrons. The molecule has 0 unspecified atom stereocenters. The Hall–Kier alpha value is -2.21. The second-order valence-electron chi connectivity index (χ2n) is 5.17. The molecule has 0 spiro atoms. The van der Waals surface area contributed by atoms with Gasteiger partial charge in [0.05, 0.1) is 5.69 Å². The van der Waals surface area contributed by atoms with Crippen LogP contribution in [0.15, 0.2) is 40.3 Å². The van der Waals surface area contributed by atoms with Crippen molar-refractivity contribution >= 4 is 22.8 Å². The lowest BCUT2D eigenvalue weighted by Gasteiger charge is -2.13. The lowest BCUT2D eigenvalue weighted by Crippen LogP contribution is -2.19. The molecule has 118 valence electrons. The fourth-order valence-electron chi connectivity index (χ4n) is 2.64. The summed E-state index contributed by atoms with van der Waals surface area (Å²) in [6.45, 7) is 4.29. The molecule has 0 aliphatic heterocycles. The first kappa shape index (κ1) is 15.7. The molecule has 4 nitrogen and oxygen atoms in total. The smallest absolute Gasteiger partial charge is 0.252 e. The van der Waals surface area contributed by atoms with Gasteiger partial charge < -0.3 is 0 Å². The number of hydrogen-bond acceptors (Lipinski definition) is 4. The van der Waals surface area contributed by atoms with Gasteiger partial charge in [0.1, 0.15) is 11.5 Å². The number of pyridine rings is 1. The summed E-state index contributed by atoms with van der Waals surface area (Å²) in [6.07, 6.45) is 1.89. The average molecular weight is 329 g/mol. The van der Waals surface area contributed by atoms with Crippen LogP contribution in [0.4, 0.5) is 4.39 Å². The molecule has 3 rings (SSSR count). The van der Waals surface area contributed by atoms with Crippen molar-refractivity contribution in [3.63, 3.8) is 0 Å². The maximum absolute atomic E-state index is 13.4. The minimum atomic E-state index is -0.278. The zero-order chi connectivity index (χ0) is 16.6. The number of benzene rings is 1. The van der Waals surface area contributed by atoms with Gasteiger partial charge in [-0.1, -0.05) is 11.8 Å². The third-order valence-corrected chi connectivity index (χ3v) is 4.31. The van der Waals surface area contributed by atoms with E-state index in [1.807, 2.05) is 20.1 Å². The predicted octanol–water partition coefficient (Wildman–Crippen LogP) is 3.65. The Labute approximate surface area is 137 Å². The first-order valence-electron chi connectivity index (χ1n) is 7.27. The SMILES string of the molecule is CCn1c(=O)ccc2c(-c3ccc(F)cc3C)nc(SC)nc21. The summed E-state index contributed by atoms with van der Waals surface area (Å²) < 4.78 is 15.0. The minimum Gasteiger partial charge on any atom is -0.293 e. The van der Waals surface area contributed by atoms with Gasteiger partial charge in [-0.3, -0.25) is 9.36 Å². The van der Waals surface area contributed by atoms with Gasteiger partial charge in [-0.15, -0.1) is 0 Å². The Morgan fingerprint density at radius 2 is 2.00 bits per heavy atom. The van der Waals surface area contributed by atoms with Crippen LogP contribution in [0, 0.1) is 12.7 Å². The largest absolute Gasteiger partial charge is 0.293 e. The van der Waals surface area contributed by atoms with Crippen LogP contribution in [-0.4, -0.2) is 20.8 Å². The Bertz CT molecular complexity index is 952. The van der Waals surface area contributed by atoms with Crippen molar-refractivity contribution in [1.82, 2.24) is 14.5 Å². The molecular formula is C17H16FN3OS. The molecule has 0 N–H and O–H groups in total. The number of halogens is 1. The van der Waals surface area contributed by atoms with Crippen molar-refractivity contribution < 1.29 is 4.39 Å². The van der Waals surface area contributed by atoms with Crippen LogP contribution in [0.3, 0.4) is 0 Å². The van der Waals surface area contributed by atoms with E-state index in [4.69, 9.17) is 0 Å². The van der Waals surface area contributed by atoms with Crippen LogP contribution in [0.25, 0.3) is 22.3 Å². The number of aryl methyl sites for hydroxylation is 2. The zero-order valence-electron chi connectivity index (χ0n) is 13.1. The third-order valence-electron chi connectivity index (χ3n) is 3.76. The third kappa shape index (κ3) is 2.74. The minimum absolute atomic E-state index is 0.0902. The van der Waals surface area contributed by atoms with Crippen molar-refractivity contribution in [3.05, 3.63) is 52.1 Å². The second-order valence-corrected chi connectivity index (χ2v) is 5.94. The molecular weight excluding hydrogens is 313 g/mol. The van der Waals surface area contributed by atoms with Gasteiger partial charge in [0.2, 0.25) is 0 Å². The maximum Gasteiger partial charge on any atom is 0.252 e. The van der Waals surface area contributed by atoms with Crippen LogP contribution in [0.5, 0.6) is 0 Å². The van der Waals surface area contributed by atoms with E-state index in [2.05, 4.69) is 9.97 Å². The van der Waals surface area contributed by atoms with Gasteiger partial charge in [0.25, 0.3) is 5.56 Å². The van der Waals surface area contributed by atoms with Crippen molar-refractivity contribution in [3.8, 4) is 11.3 Å². The zero-order valence-corrected chi connectivity index (χ0v) is 13.9. The fraction of sp³-hybridized carbons (Fsp3) is 0.235. The van der Waals surface area contributed by atoms with Crippen LogP contribution >= 0.6 is 11.8 Å². The van der Waals surface area contributed by atoms with E-state index in [0.29, 0.717) is 17.3 Å². The molecule has 0 bridgehead atoms. The summed E-state index contributed by atoms with van der Waals surface area (Å²) in [5, 5.41) is 1.38. The molecule has 23 heavy (non-hydrogen) atoms. The first-order chi connectivity index (χ1) is 11.0.